The fourth-order valence-electron chi connectivity index (χ4n) is 2.55. The Morgan fingerprint density at radius 2 is 2.15 bits per heavy atom. The molecular formula is C17H28O3. The summed E-state index contributed by atoms with van der Waals surface area (Å²) in [6.07, 6.45) is 6.75. The van der Waals surface area contributed by atoms with Crippen molar-refractivity contribution in [1.29, 1.82) is 0 Å². The van der Waals surface area contributed by atoms with Crippen LogP contribution in [0.4, 0.5) is 0 Å². The van der Waals surface area contributed by atoms with Gasteiger partial charge in [-0.15, -0.1) is 0 Å². The molecule has 20 heavy (non-hydrogen) atoms. The predicted octanol–water partition coefficient (Wildman–Crippen LogP) is 3.63. The van der Waals surface area contributed by atoms with E-state index in [4.69, 9.17) is 4.74 Å². The lowest BCUT2D eigenvalue weighted by atomic mass is 9.84. The number of ether oxygens (including phenoxy) is 1. The Balaban J connectivity index is 2.89. The highest BCUT2D eigenvalue weighted by atomic mass is 16.5. The van der Waals surface area contributed by atoms with Gasteiger partial charge in [0, 0.05) is 6.92 Å². The molecule has 0 spiro atoms. The van der Waals surface area contributed by atoms with Gasteiger partial charge in [-0.3, -0.25) is 4.79 Å². The van der Waals surface area contributed by atoms with Gasteiger partial charge in [0.1, 0.15) is 6.10 Å². The smallest absolute Gasteiger partial charge is 0.303 e. The molecule has 0 aliphatic heterocycles. The molecule has 1 aliphatic carbocycles. The summed E-state index contributed by atoms with van der Waals surface area (Å²) in [5, 5.41) is 10.4. The molecule has 3 atom stereocenters. The number of carbonyl (C=O) groups excluding carboxylic acids is 1. The van der Waals surface area contributed by atoms with Crippen LogP contribution in [-0.2, 0) is 9.53 Å². The summed E-state index contributed by atoms with van der Waals surface area (Å²) in [5.74, 6) is 0.638. The minimum absolute atomic E-state index is 0.279. The van der Waals surface area contributed by atoms with Gasteiger partial charge in [-0.05, 0) is 50.0 Å². The molecule has 0 aromatic rings. The average Bonchev–Trinajstić information content (AvgIpc) is 2.32. The summed E-state index contributed by atoms with van der Waals surface area (Å²) in [6.45, 7) is 11.7. The maximum atomic E-state index is 11.2. The van der Waals surface area contributed by atoms with E-state index in [-0.39, 0.29) is 12.1 Å². The van der Waals surface area contributed by atoms with E-state index in [1.807, 2.05) is 6.08 Å². The zero-order chi connectivity index (χ0) is 15.3. The van der Waals surface area contributed by atoms with Crippen LogP contribution in [-0.4, -0.2) is 22.8 Å². The fourth-order valence-corrected chi connectivity index (χ4v) is 2.55. The molecule has 0 amide bonds. The van der Waals surface area contributed by atoms with Crippen molar-refractivity contribution in [2.24, 2.45) is 11.8 Å². The molecule has 0 bridgehead atoms. The van der Waals surface area contributed by atoms with Crippen LogP contribution in [0.2, 0.25) is 0 Å². The molecule has 0 heterocycles. The van der Waals surface area contributed by atoms with Crippen LogP contribution in [0, 0.1) is 11.8 Å². The first-order valence-corrected chi connectivity index (χ1v) is 7.48. The van der Waals surface area contributed by atoms with Crippen molar-refractivity contribution >= 4 is 5.97 Å². The van der Waals surface area contributed by atoms with Crippen LogP contribution in [0.25, 0.3) is 0 Å². The SMILES string of the molecule is C=C1CCC(C(C)C)C=CC(C)(O)CCC1OC(C)=O. The van der Waals surface area contributed by atoms with Gasteiger partial charge >= 0.3 is 5.97 Å². The molecule has 1 aliphatic rings. The zero-order valence-electron chi connectivity index (χ0n) is 13.2. The van der Waals surface area contributed by atoms with Crippen molar-refractivity contribution in [1.82, 2.24) is 0 Å². The van der Waals surface area contributed by atoms with Gasteiger partial charge < -0.3 is 9.84 Å². The van der Waals surface area contributed by atoms with Gasteiger partial charge in [-0.1, -0.05) is 32.6 Å². The van der Waals surface area contributed by atoms with Crippen molar-refractivity contribution in [2.75, 3.05) is 0 Å². The Kier molecular flexibility index (Phi) is 6.00. The molecule has 114 valence electrons. The van der Waals surface area contributed by atoms with Crippen LogP contribution in [0.5, 0.6) is 0 Å². The van der Waals surface area contributed by atoms with Crippen LogP contribution < -0.4 is 0 Å². The Labute approximate surface area is 122 Å². The molecule has 3 unspecified atom stereocenters. The summed E-state index contributed by atoms with van der Waals surface area (Å²) in [4.78, 5) is 11.2. The van der Waals surface area contributed by atoms with E-state index in [1.54, 1.807) is 6.92 Å². The molecule has 0 aromatic carbocycles. The lowest BCUT2D eigenvalue weighted by molar-refractivity contribution is -0.145. The van der Waals surface area contributed by atoms with E-state index < -0.39 is 5.60 Å². The predicted molar refractivity (Wildman–Crippen MR) is 81.3 cm³/mol. The lowest BCUT2D eigenvalue weighted by Gasteiger charge is -2.28. The third-order valence-corrected chi connectivity index (χ3v) is 4.03. The molecule has 0 saturated carbocycles. The molecule has 1 rings (SSSR count). The third kappa shape index (κ3) is 5.49. The van der Waals surface area contributed by atoms with Gasteiger partial charge in [-0.2, -0.15) is 0 Å². The molecule has 0 fully saturated rings. The number of allylic oxidation sites excluding steroid dienone is 1. The van der Waals surface area contributed by atoms with Crippen LogP contribution >= 0.6 is 0 Å². The first kappa shape index (κ1) is 17.0. The first-order chi connectivity index (χ1) is 9.21. The number of carbonyl (C=O) groups is 1. The zero-order valence-corrected chi connectivity index (χ0v) is 13.2. The second-order valence-corrected chi connectivity index (χ2v) is 6.46. The quantitative estimate of drug-likeness (QED) is 0.620. The highest BCUT2D eigenvalue weighted by Crippen LogP contribution is 2.29. The second-order valence-electron chi connectivity index (χ2n) is 6.46. The molecule has 3 nitrogen and oxygen atoms in total. The van der Waals surface area contributed by atoms with Crippen molar-refractivity contribution in [3.63, 3.8) is 0 Å². The first-order valence-electron chi connectivity index (χ1n) is 7.48. The summed E-state index contributed by atoms with van der Waals surface area (Å²) >= 11 is 0. The van der Waals surface area contributed by atoms with E-state index in [9.17, 15) is 9.90 Å². The van der Waals surface area contributed by atoms with Gasteiger partial charge in [0.25, 0.3) is 0 Å². The van der Waals surface area contributed by atoms with Crippen molar-refractivity contribution in [2.45, 2.75) is 65.1 Å². The minimum Gasteiger partial charge on any atom is -0.458 e. The van der Waals surface area contributed by atoms with E-state index in [0.717, 1.165) is 18.4 Å². The summed E-state index contributed by atoms with van der Waals surface area (Å²) < 4.78 is 5.35. The second kappa shape index (κ2) is 7.07. The molecule has 0 radical (unpaired) electrons. The maximum Gasteiger partial charge on any atom is 0.303 e. The number of hydrogen-bond donors (Lipinski definition) is 1. The van der Waals surface area contributed by atoms with E-state index in [1.165, 1.54) is 6.92 Å². The standard InChI is InChI=1S/C17H28O3/c1-12(2)15-7-6-13(3)16(20-14(4)18)9-11-17(5,19)10-8-15/h8,10,12,15-16,19H,3,6-7,9,11H2,1-2,4-5H3. The van der Waals surface area contributed by atoms with Crippen molar-refractivity contribution in [3.8, 4) is 0 Å². The summed E-state index contributed by atoms with van der Waals surface area (Å²) in [5.41, 5.74) is 0.0975. The molecule has 3 heteroatoms. The normalized spacial score (nSPS) is 32.2. The molecule has 0 aromatic heterocycles. The van der Waals surface area contributed by atoms with E-state index in [0.29, 0.717) is 24.7 Å². The van der Waals surface area contributed by atoms with Crippen LogP contribution in [0.3, 0.4) is 0 Å². The third-order valence-electron chi connectivity index (χ3n) is 4.03. The topological polar surface area (TPSA) is 46.5 Å². The van der Waals surface area contributed by atoms with Crippen LogP contribution in [0.1, 0.15) is 53.4 Å². The van der Waals surface area contributed by atoms with E-state index in [2.05, 4.69) is 26.5 Å². The van der Waals surface area contributed by atoms with Crippen molar-refractivity contribution < 1.29 is 14.6 Å². The number of hydrogen-bond acceptors (Lipinski definition) is 3. The highest BCUT2D eigenvalue weighted by molar-refractivity contribution is 5.66. The Morgan fingerprint density at radius 1 is 1.50 bits per heavy atom. The lowest BCUT2D eigenvalue weighted by Crippen LogP contribution is -2.28. The molecular weight excluding hydrogens is 252 g/mol. The van der Waals surface area contributed by atoms with Gasteiger partial charge in [0.05, 0.1) is 5.60 Å². The van der Waals surface area contributed by atoms with Crippen LogP contribution in [0.15, 0.2) is 24.3 Å². The largest absolute Gasteiger partial charge is 0.458 e. The molecule has 1 N–H and O–H groups in total. The molecule has 0 saturated heterocycles. The summed E-state index contributed by atoms with van der Waals surface area (Å²) in [6, 6.07) is 0. The average molecular weight is 280 g/mol. The Hall–Kier alpha value is -1.09. The number of rotatable bonds is 2. The van der Waals surface area contributed by atoms with Gasteiger partial charge in [0.2, 0.25) is 0 Å². The minimum atomic E-state index is -0.858. The number of aliphatic hydroxyl groups is 1. The maximum absolute atomic E-state index is 11.2. The monoisotopic (exact) mass is 280 g/mol. The van der Waals surface area contributed by atoms with Crippen molar-refractivity contribution in [3.05, 3.63) is 24.3 Å². The van der Waals surface area contributed by atoms with Gasteiger partial charge in [-0.25, -0.2) is 0 Å². The number of esters is 1. The van der Waals surface area contributed by atoms with E-state index >= 15 is 0 Å². The fraction of sp³-hybridized carbons (Fsp3) is 0.706. The Bertz CT molecular complexity index is 380. The van der Waals surface area contributed by atoms with Gasteiger partial charge in [0.15, 0.2) is 0 Å². The Morgan fingerprint density at radius 3 is 2.70 bits per heavy atom. The highest BCUT2D eigenvalue weighted by Gasteiger charge is 2.25. The summed E-state index contributed by atoms with van der Waals surface area (Å²) in [7, 11) is 0.